The van der Waals surface area contributed by atoms with E-state index < -0.39 is 5.97 Å². The molecule has 0 bridgehead atoms. The van der Waals surface area contributed by atoms with Crippen LogP contribution in [0.25, 0.3) is 0 Å². The van der Waals surface area contributed by atoms with Crippen molar-refractivity contribution in [1.82, 2.24) is 10.6 Å². The molecule has 2 aliphatic rings. The monoisotopic (exact) mass is 304 g/mol. The van der Waals surface area contributed by atoms with Gasteiger partial charge >= 0.3 is 5.97 Å². The molecule has 2 heterocycles. The second-order valence-corrected chi connectivity index (χ2v) is 5.56. The molecule has 0 aromatic carbocycles. The average Bonchev–Trinajstić information content (AvgIpc) is 2.86. The van der Waals surface area contributed by atoms with Crippen molar-refractivity contribution >= 4 is 17.8 Å². The van der Waals surface area contributed by atoms with Crippen LogP contribution >= 0.6 is 0 Å². The maximum Gasteiger partial charge on any atom is 0.303 e. The molecular weight excluding hydrogens is 284 g/mol. The summed E-state index contributed by atoms with van der Waals surface area (Å²) < 4.78 is 0. The third kappa shape index (κ3) is 2.95. The lowest BCUT2D eigenvalue weighted by Crippen LogP contribution is -2.21. The van der Waals surface area contributed by atoms with Crippen molar-refractivity contribution in [1.29, 1.82) is 0 Å². The van der Waals surface area contributed by atoms with Crippen molar-refractivity contribution in [2.75, 3.05) is 0 Å². The van der Waals surface area contributed by atoms with E-state index in [2.05, 4.69) is 10.6 Å². The summed E-state index contributed by atoms with van der Waals surface area (Å²) in [6.45, 7) is 5.64. The van der Waals surface area contributed by atoms with Crippen LogP contribution in [0.5, 0.6) is 0 Å². The Balaban J connectivity index is 2.26. The van der Waals surface area contributed by atoms with Crippen LogP contribution < -0.4 is 10.6 Å². The number of carboxylic acids is 1. The summed E-state index contributed by atoms with van der Waals surface area (Å²) in [7, 11) is 0. The fraction of sp³-hybridized carbons (Fsp3) is 0.438. The van der Waals surface area contributed by atoms with Gasteiger partial charge in [0.15, 0.2) is 0 Å². The van der Waals surface area contributed by atoms with E-state index in [0.717, 1.165) is 17.6 Å². The van der Waals surface area contributed by atoms with Crippen molar-refractivity contribution in [3.63, 3.8) is 0 Å². The van der Waals surface area contributed by atoms with E-state index in [1.54, 1.807) is 13.0 Å². The Morgan fingerprint density at radius 2 is 1.95 bits per heavy atom. The van der Waals surface area contributed by atoms with Gasteiger partial charge < -0.3 is 15.7 Å². The largest absolute Gasteiger partial charge is 0.481 e. The molecule has 0 saturated heterocycles. The average molecular weight is 304 g/mol. The normalized spacial score (nSPS) is 23.4. The van der Waals surface area contributed by atoms with Gasteiger partial charge in [0, 0.05) is 23.4 Å². The highest BCUT2D eigenvalue weighted by atomic mass is 16.4. The summed E-state index contributed by atoms with van der Waals surface area (Å²) in [6.07, 6.45) is 2.61. The molecule has 3 N–H and O–H groups in total. The molecule has 2 amide bonds. The minimum atomic E-state index is -0.932. The van der Waals surface area contributed by atoms with Gasteiger partial charge in [-0.15, -0.1) is 0 Å². The molecule has 6 heteroatoms. The predicted molar refractivity (Wildman–Crippen MR) is 80.4 cm³/mol. The molecule has 0 aromatic heterocycles. The van der Waals surface area contributed by atoms with Gasteiger partial charge in [0.05, 0.1) is 5.92 Å². The maximum atomic E-state index is 11.9. The van der Waals surface area contributed by atoms with Crippen LogP contribution in [-0.4, -0.2) is 22.9 Å². The second kappa shape index (κ2) is 6.17. The lowest BCUT2D eigenvalue weighted by molar-refractivity contribution is -0.137. The number of aliphatic carboxylic acids is 1. The lowest BCUT2D eigenvalue weighted by Gasteiger charge is -2.04. The van der Waals surface area contributed by atoms with Crippen LogP contribution in [-0.2, 0) is 14.4 Å². The van der Waals surface area contributed by atoms with Crippen LogP contribution in [0.15, 0.2) is 34.2 Å². The molecule has 118 valence electrons. The minimum Gasteiger partial charge on any atom is -0.481 e. The number of allylic oxidation sites excluding steroid dienone is 2. The zero-order valence-corrected chi connectivity index (χ0v) is 12.9. The van der Waals surface area contributed by atoms with E-state index in [9.17, 15) is 14.4 Å². The van der Waals surface area contributed by atoms with Gasteiger partial charge in [0.2, 0.25) is 5.91 Å². The molecule has 1 atom stereocenters. The molecule has 22 heavy (non-hydrogen) atoms. The second-order valence-electron chi connectivity index (χ2n) is 5.56. The Labute approximate surface area is 129 Å². The highest BCUT2D eigenvalue weighted by Crippen LogP contribution is 2.29. The number of carboxylic acid groups (broad SMARTS) is 1. The molecule has 0 aromatic rings. The van der Waals surface area contributed by atoms with E-state index in [1.165, 1.54) is 0 Å². The lowest BCUT2D eigenvalue weighted by atomic mass is 9.98. The topological polar surface area (TPSA) is 95.5 Å². The molecular formula is C16H20N2O4. The zero-order valence-electron chi connectivity index (χ0n) is 12.9. The molecule has 0 spiro atoms. The van der Waals surface area contributed by atoms with Crippen LogP contribution in [0.3, 0.4) is 0 Å². The van der Waals surface area contributed by atoms with Gasteiger partial charge in [-0.2, -0.15) is 0 Å². The van der Waals surface area contributed by atoms with Gasteiger partial charge in [0.25, 0.3) is 5.91 Å². The van der Waals surface area contributed by atoms with E-state index >= 15 is 0 Å². The number of amides is 2. The van der Waals surface area contributed by atoms with E-state index in [0.29, 0.717) is 17.0 Å². The fourth-order valence-electron chi connectivity index (χ4n) is 2.79. The van der Waals surface area contributed by atoms with Gasteiger partial charge in [-0.3, -0.25) is 14.4 Å². The van der Waals surface area contributed by atoms with Crippen molar-refractivity contribution in [2.24, 2.45) is 5.92 Å². The number of hydrogen-bond acceptors (Lipinski definition) is 3. The quantitative estimate of drug-likeness (QED) is 0.719. The Morgan fingerprint density at radius 1 is 1.27 bits per heavy atom. The number of hydrogen-bond donors (Lipinski definition) is 3. The molecule has 0 saturated carbocycles. The minimum absolute atomic E-state index is 0.0242. The first-order valence-corrected chi connectivity index (χ1v) is 7.31. The van der Waals surface area contributed by atoms with E-state index in [-0.39, 0.29) is 30.6 Å². The number of rotatable bonds is 5. The van der Waals surface area contributed by atoms with Crippen molar-refractivity contribution in [3.8, 4) is 0 Å². The number of carbonyl (C=O) groups is 3. The number of carbonyl (C=O) groups excluding carboxylic acids is 2. The Kier molecular flexibility index (Phi) is 4.49. The molecule has 6 nitrogen and oxygen atoms in total. The number of nitrogens with one attached hydrogen (secondary N) is 2. The third-order valence-corrected chi connectivity index (χ3v) is 4.19. The summed E-state index contributed by atoms with van der Waals surface area (Å²) in [5, 5.41) is 14.3. The fourth-order valence-corrected chi connectivity index (χ4v) is 2.79. The third-order valence-electron chi connectivity index (χ3n) is 4.19. The van der Waals surface area contributed by atoms with Crippen LogP contribution in [0, 0.1) is 5.92 Å². The Hall–Kier alpha value is -2.37. The summed E-state index contributed by atoms with van der Waals surface area (Å²) in [5.41, 5.74) is 3.52. The van der Waals surface area contributed by atoms with Crippen molar-refractivity contribution in [3.05, 3.63) is 34.2 Å². The van der Waals surface area contributed by atoms with Crippen LogP contribution in [0.4, 0.5) is 0 Å². The summed E-state index contributed by atoms with van der Waals surface area (Å²) >= 11 is 0. The molecule has 1 unspecified atom stereocenters. The molecule has 0 aliphatic carbocycles. The highest BCUT2D eigenvalue weighted by Gasteiger charge is 2.30. The Bertz CT molecular complexity index is 641. The molecule has 0 fully saturated rings. The molecule has 2 rings (SSSR count). The van der Waals surface area contributed by atoms with Crippen molar-refractivity contribution in [2.45, 2.75) is 40.0 Å². The first-order chi connectivity index (χ1) is 10.3. The first kappa shape index (κ1) is 16.0. The summed E-state index contributed by atoms with van der Waals surface area (Å²) in [4.78, 5) is 34.4. The van der Waals surface area contributed by atoms with Gasteiger partial charge in [-0.1, -0.05) is 6.92 Å². The standard InChI is InChI=1S/C16H20N2O4/c1-4-10-8(2)12(17-15(10)21)7-13-9(3)11(16(22)18-13)5-6-14(19)20/h7,10H,4-6H2,1-3H3,(H,17,21)(H,18,22)(H,19,20). The van der Waals surface area contributed by atoms with E-state index in [1.807, 2.05) is 13.8 Å². The molecule has 0 radical (unpaired) electrons. The van der Waals surface area contributed by atoms with Crippen LogP contribution in [0.1, 0.15) is 40.0 Å². The predicted octanol–water partition coefficient (Wildman–Crippen LogP) is 1.61. The first-order valence-electron chi connectivity index (χ1n) is 7.31. The van der Waals surface area contributed by atoms with Crippen molar-refractivity contribution < 1.29 is 19.5 Å². The van der Waals surface area contributed by atoms with E-state index in [4.69, 9.17) is 5.11 Å². The summed E-state index contributed by atoms with van der Waals surface area (Å²) in [6, 6.07) is 0. The van der Waals surface area contributed by atoms with Crippen LogP contribution in [0.2, 0.25) is 0 Å². The van der Waals surface area contributed by atoms with Gasteiger partial charge in [0.1, 0.15) is 0 Å². The zero-order chi connectivity index (χ0) is 16.4. The smallest absolute Gasteiger partial charge is 0.303 e. The molecule has 2 aliphatic heterocycles. The van der Waals surface area contributed by atoms with Gasteiger partial charge in [-0.05, 0) is 43.9 Å². The Morgan fingerprint density at radius 3 is 2.50 bits per heavy atom. The summed E-state index contributed by atoms with van der Waals surface area (Å²) in [5.74, 6) is -1.35. The maximum absolute atomic E-state index is 11.9. The highest BCUT2D eigenvalue weighted by molar-refractivity contribution is 6.00. The SMILES string of the molecule is CCC1C(=O)NC(C=C2NC(=O)C(CCC(=O)O)=C2C)=C1C. The van der Waals surface area contributed by atoms with Gasteiger partial charge in [-0.25, -0.2) is 0 Å².